The van der Waals surface area contributed by atoms with Gasteiger partial charge in [0.15, 0.2) is 0 Å². The van der Waals surface area contributed by atoms with Crippen molar-refractivity contribution in [2.24, 2.45) is 0 Å². The Morgan fingerprint density at radius 1 is 1.42 bits per heavy atom. The molecule has 3 aromatic rings. The van der Waals surface area contributed by atoms with E-state index in [9.17, 15) is 9.90 Å². The van der Waals surface area contributed by atoms with Crippen molar-refractivity contribution in [1.29, 1.82) is 0 Å². The highest BCUT2D eigenvalue weighted by atomic mass is 16.5. The molecular formula is C19H21N3O4. The summed E-state index contributed by atoms with van der Waals surface area (Å²) < 4.78 is 10.6. The second kappa shape index (κ2) is 6.17. The average molecular weight is 355 g/mol. The summed E-state index contributed by atoms with van der Waals surface area (Å²) in [4.78, 5) is 17.5. The van der Waals surface area contributed by atoms with Gasteiger partial charge in [0.05, 0.1) is 12.8 Å². The first-order valence-electron chi connectivity index (χ1n) is 8.56. The van der Waals surface area contributed by atoms with Crippen LogP contribution in [0.3, 0.4) is 0 Å². The Morgan fingerprint density at radius 2 is 2.23 bits per heavy atom. The number of aromatic amines is 1. The molecule has 1 aromatic carbocycles. The van der Waals surface area contributed by atoms with Gasteiger partial charge in [-0.05, 0) is 37.6 Å². The van der Waals surface area contributed by atoms with Crippen LogP contribution < -0.4 is 4.74 Å². The number of nitrogens with one attached hydrogen (secondary N) is 1. The van der Waals surface area contributed by atoms with E-state index in [4.69, 9.17) is 9.26 Å². The van der Waals surface area contributed by atoms with Gasteiger partial charge in [0.2, 0.25) is 0 Å². The molecule has 26 heavy (non-hydrogen) atoms. The van der Waals surface area contributed by atoms with Crippen LogP contribution in [-0.2, 0) is 17.8 Å². The first kappa shape index (κ1) is 16.7. The molecule has 0 unspecified atom stereocenters. The van der Waals surface area contributed by atoms with Crippen molar-refractivity contribution in [2.75, 3.05) is 13.7 Å². The lowest BCUT2D eigenvalue weighted by molar-refractivity contribution is -0.144. The number of aryl methyl sites for hydroxylation is 2. The van der Waals surface area contributed by atoms with Crippen molar-refractivity contribution in [2.45, 2.75) is 32.9 Å². The Bertz CT molecular complexity index is 969. The number of methoxy groups -OCH3 is 1. The van der Waals surface area contributed by atoms with Crippen LogP contribution in [-0.4, -0.2) is 39.8 Å². The molecule has 1 atom stereocenters. The molecule has 1 aliphatic rings. The first-order valence-corrected chi connectivity index (χ1v) is 8.56. The fourth-order valence-corrected chi connectivity index (χ4v) is 3.90. The Labute approximate surface area is 150 Å². The largest absolute Gasteiger partial charge is 0.497 e. The molecule has 2 aromatic heterocycles. The zero-order valence-corrected chi connectivity index (χ0v) is 15.0. The summed E-state index contributed by atoms with van der Waals surface area (Å²) in [5, 5.41) is 14.9. The lowest BCUT2D eigenvalue weighted by atomic mass is 9.98. The molecule has 3 heterocycles. The maximum absolute atomic E-state index is 12.1. The summed E-state index contributed by atoms with van der Waals surface area (Å²) >= 11 is 0. The van der Waals surface area contributed by atoms with Gasteiger partial charge in [-0.3, -0.25) is 9.69 Å². The highest BCUT2D eigenvalue weighted by Crippen LogP contribution is 2.35. The smallest absolute Gasteiger partial charge is 0.325 e. The maximum atomic E-state index is 12.1. The molecule has 0 fully saturated rings. The Kier molecular flexibility index (Phi) is 3.96. The fourth-order valence-electron chi connectivity index (χ4n) is 3.90. The number of H-pyrrole nitrogens is 1. The molecule has 0 bridgehead atoms. The molecule has 0 aliphatic carbocycles. The number of carboxylic acid groups (broad SMARTS) is 1. The average Bonchev–Trinajstić information content (AvgIpc) is 3.15. The van der Waals surface area contributed by atoms with Gasteiger partial charge in [0, 0.05) is 41.7 Å². The number of hydrogen-bond donors (Lipinski definition) is 2. The third-order valence-corrected chi connectivity index (χ3v) is 5.17. The van der Waals surface area contributed by atoms with Gasteiger partial charge < -0.3 is 19.4 Å². The number of carboxylic acids is 1. The zero-order valence-electron chi connectivity index (χ0n) is 15.0. The predicted octanol–water partition coefficient (Wildman–Crippen LogP) is 2.97. The van der Waals surface area contributed by atoms with E-state index in [1.165, 1.54) is 0 Å². The molecule has 0 radical (unpaired) electrons. The van der Waals surface area contributed by atoms with E-state index in [1.807, 2.05) is 23.1 Å². The third-order valence-electron chi connectivity index (χ3n) is 5.17. The highest BCUT2D eigenvalue weighted by molar-refractivity contribution is 5.86. The Hall–Kier alpha value is -2.80. The van der Waals surface area contributed by atoms with E-state index >= 15 is 0 Å². The van der Waals surface area contributed by atoms with E-state index in [0.717, 1.165) is 34.3 Å². The second-order valence-corrected chi connectivity index (χ2v) is 6.69. The van der Waals surface area contributed by atoms with Crippen molar-refractivity contribution in [3.8, 4) is 5.75 Å². The van der Waals surface area contributed by atoms with Crippen LogP contribution in [0.2, 0.25) is 0 Å². The molecular weight excluding hydrogens is 334 g/mol. The van der Waals surface area contributed by atoms with Crippen LogP contribution in [0.5, 0.6) is 5.75 Å². The standard InChI is InChI=1S/C19H21N3O4/c1-10-17(11(2)26-21-10)18(19(23)24)22-7-6-16-14(9-22)13-8-12(25-3)4-5-15(13)20-16/h4-5,8,18,20H,6-7,9H2,1-3H3,(H,23,24)/t18-/m0/s1. The van der Waals surface area contributed by atoms with Gasteiger partial charge in [-0.15, -0.1) is 0 Å². The zero-order chi connectivity index (χ0) is 18.4. The van der Waals surface area contributed by atoms with E-state index in [2.05, 4.69) is 10.1 Å². The number of carbonyl (C=O) groups is 1. The molecule has 7 heteroatoms. The minimum Gasteiger partial charge on any atom is -0.497 e. The number of ether oxygens (including phenoxy) is 1. The molecule has 0 amide bonds. The Balaban J connectivity index is 1.75. The predicted molar refractivity (Wildman–Crippen MR) is 95.3 cm³/mol. The van der Waals surface area contributed by atoms with Gasteiger partial charge in [-0.2, -0.15) is 0 Å². The summed E-state index contributed by atoms with van der Waals surface area (Å²) in [6.45, 7) is 4.74. The normalized spacial score (nSPS) is 15.8. The van der Waals surface area contributed by atoms with Crippen LogP contribution in [0.1, 0.15) is 34.3 Å². The van der Waals surface area contributed by atoms with Crippen LogP contribution in [0.15, 0.2) is 22.7 Å². The van der Waals surface area contributed by atoms with Gasteiger partial charge in [-0.25, -0.2) is 0 Å². The third kappa shape index (κ3) is 2.55. The number of fused-ring (bicyclic) bond motifs is 3. The van der Waals surface area contributed by atoms with Gasteiger partial charge in [-0.1, -0.05) is 5.16 Å². The molecule has 0 spiro atoms. The second-order valence-electron chi connectivity index (χ2n) is 6.69. The van der Waals surface area contributed by atoms with E-state index in [0.29, 0.717) is 30.1 Å². The van der Waals surface area contributed by atoms with Crippen molar-refractivity contribution in [1.82, 2.24) is 15.0 Å². The summed E-state index contributed by atoms with van der Waals surface area (Å²) in [5.74, 6) is 0.457. The van der Waals surface area contributed by atoms with Crippen LogP contribution in [0, 0.1) is 13.8 Å². The number of benzene rings is 1. The topological polar surface area (TPSA) is 91.6 Å². The van der Waals surface area contributed by atoms with E-state index in [-0.39, 0.29) is 0 Å². The number of rotatable bonds is 4. The number of hydrogen-bond acceptors (Lipinski definition) is 5. The lowest BCUT2D eigenvalue weighted by Crippen LogP contribution is -2.38. The minimum atomic E-state index is -0.889. The van der Waals surface area contributed by atoms with E-state index in [1.54, 1.807) is 21.0 Å². The quantitative estimate of drug-likeness (QED) is 0.748. The van der Waals surface area contributed by atoms with E-state index < -0.39 is 12.0 Å². The van der Waals surface area contributed by atoms with Crippen LogP contribution in [0.4, 0.5) is 0 Å². The highest BCUT2D eigenvalue weighted by Gasteiger charge is 2.35. The summed E-state index contributed by atoms with van der Waals surface area (Å²) in [7, 11) is 1.64. The van der Waals surface area contributed by atoms with Gasteiger partial charge in [0.1, 0.15) is 17.6 Å². The molecule has 136 valence electrons. The molecule has 0 saturated heterocycles. The van der Waals surface area contributed by atoms with Crippen molar-refractivity contribution in [3.05, 3.63) is 46.5 Å². The van der Waals surface area contributed by atoms with Crippen molar-refractivity contribution < 1.29 is 19.2 Å². The van der Waals surface area contributed by atoms with Crippen LogP contribution >= 0.6 is 0 Å². The number of aliphatic carboxylic acids is 1. The summed E-state index contributed by atoms with van der Waals surface area (Å²) in [5.41, 5.74) is 4.61. The summed E-state index contributed by atoms with van der Waals surface area (Å²) in [6, 6.07) is 5.15. The van der Waals surface area contributed by atoms with Crippen molar-refractivity contribution >= 4 is 16.9 Å². The lowest BCUT2D eigenvalue weighted by Gasteiger charge is -2.32. The SMILES string of the molecule is COc1ccc2[nH]c3c(c2c1)CN([C@H](C(=O)O)c1c(C)noc1C)CC3. The molecule has 2 N–H and O–H groups in total. The molecule has 0 saturated carbocycles. The van der Waals surface area contributed by atoms with Gasteiger partial charge >= 0.3 is 5.97 Å². The monoisotopic (exact) mass is 355 g/mol. The molecule has 4 rings (SSSR count). The first-order chi connectivity index (χ1) is 12.5. The fraction of sp³-hybridized carbons (Fsp3) is 0.368. The number of aromatic nitrogens is 2. The number of nitrogens with zero attached hydrogens (tertiary/aromatic N) is 2. The summed E-state index contributed by atoms with van der Waals surface area (Å²) in [6.07, 6.45) is 0.763. The minimum absolute atomic E-state index is 0.545. The maximum Gasteiger partial charge on any atom is 0.325 e. The molecule has 7 nitrogen and oxygen atoms in total. The molecule has 1 aliphatic heterocycles. The Morgan fingerprint density at radius 3 is 2.88 bits per heavy atom. The van der Waals surface area contributed by atoms with Gasteiger partial charge in [0.25, 0.3) is 0 Å². The van der Waals surface area contributed by atoms with Crippen molar-refractivity contribution in [3.63, 3.8) is 0 Å². The van der Waals surface area contributed by atoms with Crippen LogP contribution in [0.25, 0.3) is 10.9 Å².